The van der Waals surface area contributed by atoms with Crippen molar-refractivity contribution in [2.45, 2.75) is 64.5 Å². The van der Waals surface area contributed by atoms with Crippen molar-refractivity contribution in [3.63, 3.8) is 0 Å². The number of likely N-dealkylation sites (tertiary alicyclic amines) is 1. The van der Waals surface area contributed by atoms with Gasteiger partial charge in [0.1, 0.15) is 6.04 Å². The molecule has 2 aliphatic heterocycles. The number of benzene rings is 2. The number of para-hydroxylation sites is 1. The van der Waals surface area contributed by atoms with Gasteiger partial charge in [0.05, 0.1) is 0 Å². The van der Waals surface area contributed by atoms with Gasteiger partial charge in [-0.15, -0.1) is 0 Å². The number of nitrogens with one attached hydrogen (secondary N) is 2. The van der Waals surface area contributed by atoms with Gasteiger partial charge in [-0.3, -0.25) is 0 Å². The summed E-state index contributed by atoms with van der Waals surface area (Å²) in [4.78, 5) is 41.2. The van der Waals surface area contributed by atoms with Gasteiger partial charge in [-0.25, -0.2) is 14.4 Å². The average Bonchev–Trinajstić information content (AvgIpc) is 3.06. The van der Waals surface area contributed by atoms with Crippen LogP contribution in [0.2, 0.25) is 0 Å². The van der Waals surface area contributed by atoms with E-state index in [9.17, 15) is 19.5 Å². The monoisotopic (exact) mass is 492 g/mol. The molecule has 0 saturated carbocycles. The summed E-state index contributed by atoms with van der Waals surface area (Å²) in [5, 5.41) is 15.5. The first-order valence-corrected chi connectivity index (χ1v) is 12.9. The maximum absolute atomic E-state index is 12.9. The largest absolute Gasteiger partial charge is 0.480 e. The minimum atomic E-state index is -1.04. The average molecular weight is 493 g/mol. The molecule has 1 atom stereocenters. The van der Waals surface area contributed by atoms with E-state index in [-0.39, 0.29) is 24.5 Å². The molecule has 0 aliphatic carbocycles. The molecule has 36 heavy (non-hydrogen) atoms. The molecular weight excluding hydrogens is 456 g/mol. The number of nitrogens with zero attached hydrogens (tertiary/aromatic N) is 2. The van der Waals surface area contributed by atoms with Gasteiger partial charge in [0.2, 0.25) is 0 Å². The molecule has 4 rings (SSSR count). The zero-order valence-electron chi connectivity index (χ0n) is 21.1. The Morgan fingerprint density at radius 2 is 1.78 bits per heavy atom. The van der Waals surface area contributed by atoms with E-state index in [1.165, 1.54) is 11.1 Å². The molecule has 0 unspecified atom stereocenters. The second-order valence-electron chi connectivity index (χ2n) is 9.60. The summed E-state index contributed by atoms with van der Waals surface area (Å²) in [6, 6.07) is 12.5. The third-order valence-electron chi connectivity index (χ3n) is 7.40. The van der Waals surface area contributed by atoms with Crippen LogP contribution in [-0.2, 0) is 30.5 Å². The molecule has 8 heteroatoms. The van der Waals surface area contributed by atoms with E-state index in [0.717, 1.165) is 36.1 Å². The standard InChI is InChI=1S/C28H36N4O4/c1-3-20-10-9-19(17-21(20)4-2)18-25(26(33)34)30-27(35)31-14-12-23(13-15-31)32-16-11-22-7-5-6-8-24(22)29-28(32)36/h5-10,17,23,25H,3-4,11-16,18H2,1-2H3,(H,29,36)(H,30,35)(H,33,34)/t25-/m0/s1. The highest BCUT2D eigenvalue weighted by Crippen LogP contribution is 2.24. The van der Waals surface area contributed by atoms with Crippen LogP contribution >= 0.6 is 0 Å². The zero-order valence-corrected chi connectivity index (χ0v) is 21.1. The van der Waals surface area contributed by atoms with E-state index in [0.29, 0.717) is 32.5 Å². The van der Waals surface area contributed by atoms with Gasteiger partial charge in [-0.1, -0.05) is 50.2 Å². The molecule has 1 fully saturated rings. The first-order valence-electron chi connectivity index (χ1n) is 12.9. The minimum absolute atomic E-state index is 0.0446. The number of carbonyl (C=O) groups excluding carboxylic acids is 2. The van der Waals surface area contributed by atoms with Crippen molar-refractivity contribution in [1.29, 1.82) is 0 Å². The molecular formula is C28H36N4O4. The quantitative estimate of drug-likeness (QED) is 0.542. The van der Waals surface area contributed by atoms with Crippen molar-refractivity contribution in [3.05, 3.63) is 64.7 Å². The third-order valence-corrected chi connectivity index (χ3v) is 7.40. The van der Waals surface area contributed by atoms with Crippen LogP contribution in [0.1, 0.15) is 48.9 Å². The van der Waals surface area contributed by atoms with E-state index < -0.39 is 12.0 Å². The Morgan fingerprint density at radius 3 is 2.47 bits per heavy atom. The number of carbonyl (C=O) groups is 3. The number of aryl methyl sites for hydroxylation is 2. The molecule has 0 bridgehead atoms. The second kappa shape index (κ2) is 11.5. The molecule has 2 aromatic rings. The van der Waals surface area contributed by atoms with Gasteiger partial charge < -0.3 is 25.5 Å². The topological polar surface area (TPSA) is 102 Å². The molecule has 0 spiro atoms. The van der Waals surface area contributed by atoms with Crippen LogP contribution in [0.15, 0.2) is 42.5 Å². The van der Waals surface area contributed by atoms with E-state index >= 15 is 0 Å². The number of aliphatic carboxylic acids is 1. The molecule has 0 radical (unpaired) electrons. The van der Waals surface area contributed by atoms with Crippen LogP contribution in [0.25, 0.3) is 0 Å². The Balaban J connectivity index is 1.33. The van der Waals surface area contributed by atoms with E-state index in [4.69, 9.17) is 0 Å². The fraction of sp³-hybridized carbons (Fsp3) is 0.464. The number of urea groups is 2. The number of anilines is 1. The number of hydrogen-bond acceptors (Lipinski definition) is 3. The first-order chi connectivity index (χ1) is 17.4. The summed E-state index contributed by atoms with van der Waals surface area (Å²) >= 11 is 0. The predicted octanol–water partition coefficient (Wildman–Crippen LogP) is 4.07. The molecule has 8 nitrogen and oxygen atoms in total. The molecule has 1 saturated heterocycles. The van der Waals surface area contributed by atoms with Crippen LogP contribution in [0, 0.1) is 0 Å². The van der Waals surface area contributed by atoms with Gasteiger partial charge in [-0.2, -0.15) is 0 Å². The summed E-state index contributed by atoms with van der Waals surface area (Å²) in [6.45, 7) is 5.79. The fourth-order valence-electron chi connectivity index (χ4n) is 5.28. The maximum atomic E-state index is 12.9. The number of amides is 4. The van der Waals surface area contributed by atoms with Crippen molar-refractivity contribution < 1.29 is 19.5 Å². The lowest BCUT2D eigenvalue weighted by molar-refractivity contribution is -0.139. The van der Waals surface area contributed by atoms with Gasteiger partial charge in [0.15, 0.2) is 0 Å². The fourth-order valence-corrected chi connectivity index (χ4v) is 5.28. The normalized spacial score (nSPS) is 17.1. The Morgan fingerprint density at radius 1 is 1.06 bits per heavy atom. The molecule has 2 heterocycles. The van der Waals surface area contributed by atoms with E-state index in [1.54, 1.807) is 4.90 Å². The van der Waals surface area contributed by atoms with Crippen molar-refractivity contribution in [1.82, 2.24) is 15.1 Å². The van der Waals surface area contributed by atoms with Crippen LogP contribution in [-0.4, -0.2) is 64.7 Å². The van der Waals surface area contributed by atoms with Crippen molar-refractivity contribution in [2.24, 2.45) is 0 Å². The number of carboxylic acids is 1. The lowest BCUT2D eigenvalue weighted by atomic mass is 9.97. The second-order valence-corrected chi connectivity index (χ2v) is 9.60. The van der Waals surface area contributed by atoms with Gasteiger partial charge in [0, 0.05) is 37.8 Å². The number of piperidine rings is 1. The molecule has 4 amide bonds. The highest BCUT2D eigenvalue weighted by molar-refractivity contribution is 5.91. The lowest BCUT2D eigenvalue weighted by Crippen LogP contribution is -2.54. The minimum Gasteiger partial charge on any atom is -0.480 e. The van der Waals surface area contributed by atoms with E-state index in [1.807, 2.05) is 35.2 Å². The van der Waals surface area contributed by atoms with Gasteiger partial charge >= 0.3 is 18.0 Å². The van der Waals surface area contributed by atoms with Crippen molar-refractivity contribution in [3.8, 4) is 0 Å². The zero-order chi connectivity index (χ0) is 25.7. The number of hydrogen-bond donors (Lipinski definition) is 3. The molecule has 192 valence electrons. The first kappa shape index (κ1) is 25.5. The summed E-state index contributed by atoms with van der Waals surface area (Å²) in [6.07, 6.45) is 4.17. The third kappa shape index (κ3) is 5.80. The smallest absolute Gasteiger partial charge is 0.326 e. The summed E-state index contributed by atoms with van der Waals surface area (Å²) in [7, 11) is 0. The van der Waals surface area contributed by atoms with Crippen molar-refractivity contribution >= 4 is 23.7 Å². The number of carboxylic acid groups (broad SMARTS) is 1. The number of rotatable bonds is 7. The highest BCUT2D eigenvalue weighted by atomic mass is 16.4. The molecule has 2 aliphatic rings. The Bertz CT molecular complexity index is 1110. The van der Waals surface area contributed by atoms with E-state index in [2.05, 4.69) is 36.6 Å². The Hall–Kier alpha value is -3.55. The lowest BCUT2D eigenvalue weighted by Gasteiger charge is -2.38. The van der Waals surface area contributed by atoms with Gasteiger partial charge in [0.25, 0.3) is 0 Å². The van der Waals surface area contributed by atoms with Crippen LogP contribution in [0.3, 0.4) is 0 Å². The SMILES string of the molecule is CCc1ccc(C[C@H](NC(=O)N2CCC(N3CCc4ccccc4NC3=O)CC2)C(=O)O)cc1CC. The molecule has 3 N–H and O–H groups in total. The Labute approximate surface area is 212 Å². The Kier molecular flexibility index (Phi) is 8.13. The summed E-state index contributed by atoms with van der Waals surface area (Å²) in [5.41, 5.74) is 5.37. The predicted molar refractivity (Wildman–Crippen MR) is 139 cm³/mol. The summed E-state index contributed by atoms with van der Waals surface area (Å²) < 4.78 is 0. The molecule has 2 aromatic carbocycles. The maximum Gasteiger partial charge on any atom is 0.326 e. The van der Waals surface area contributed by atoms with Crippen molar-refractivity contribution in [2.75, 3.05) is 25.0 Å². The number of fused-ring (bicyclic) bond motifs is 1. The van der Waals surface area contributed by atoms with Crippen LogP contribution < -0.4 is 10.6 Å². The summed E-state index contributed by atoms with van der Waals surface area (Å²) in [5.74, 6) is -1.04. The highest BCUT2D eigenvalue weighted by Gasteiger charge is 2.32. The molecule has 0 aromatic heterocycles. The van der Waals surface area contributed by atoms with Crippen LogP contribution in [0.5, 0.6) is 0 Å². The van der Waals surface area contributed by atoms with Gasteiger partial charge in [-0.05, 0) is 60.4 Å². The van der Waals surface area contributed by atoms with Crippen LogP contribution in [0.4, 0.5) is 15.3 Å².